The molecule has 1 radical (unpaired) electrons. The van der Waals surface area contributed by atoms with E-state index in [1.807, 2.05) is 12.1 Å². The number of hydrogen-bond acceptors (Lipinski definition) is 0. The van der Waals surface area contributed by atoms with Gasteiger partial charge in [-0.15, -0.1) is 0 Å². The van der Waals surface area contributed by atoms with Gasteiger partial charge in [0.2, 0.25) is 0 Å². The Morgan fingerprint density at radius 2 is 2.08 bits per heavy atom. The Kier molecular flexibility index (Phi) is 1.95. The summed E-state index contributed by atoms with van der Waals surface area (Å²) >= 11 is 3.51. The Morgan fingerprint density at radius 3 is 2.85 bits per heavy atom. The van der Waals surface area contributed by atoms with Gasteiger partial charge in [-0.3, -0.25) is 5.32 Å². The Bertz CT molecular complexity index is 366. The molecule has 0 saturated heterocycles. The molecule has 2 heteroatoms. The zero-order valence-electron chi connectivity index (χ0n) is 7.71. The van der Waals surface area contributed by atoms with Gasteiger partial charge in [0.15, 0.2) is 0 Å². The minimum atomic E-state index is -0.0725. The average molecular weight is 237 g/mol. The van der Waals surface area contributed by atoms with Gasteiger partial charge < -0.3 is 0 Å². The minimum absolute atomic E-state index is 0.0725. The number of benzene rings is 1. The normalized spacial score (nSPS) is 17.8. The van der Waals surface area contributed by atoms with Crippen molar-refractivity contribution in [3.05, 3.63) is 34.3 Å². The van der Waals surface area contributed by atoms with Crippen molar-refractivity contribution in [2.75, 3.05) is 0 Å². The molecule has 0 saturated carbocycles. The van der Waals surface area contributed by atoms with E-state index in [0.29, 0.717) is 0 Å². The molecule has 0 N–H and O–H groups in total. The molecule has 0 bridgehead atoms. The van der Waals surface area contributed by atoms with E-state index in [1.165, 1.54) is 5.56 Å². The molecular weight excluding hydrogens is 226 g/mol. The van der Waals surface area contributed by atoms with Crippen molar-refractivity contribution in [2.24, 2.45) is 0 Å². The van der Waals surface area contributed by atoms with Crippen molar-refractivity contribution in [1.29, 1.82) is 0 Å². The van der Waals surface area contributed by atoms with Crippen LogP contribution >= 0.6 is 15.9 Å². The number of hydrogen-bond donors (Lipinski definition) is 0. The molecule has 1 aromatic rings. The lowest BCUT2D eigenvalue weighted by Gasteiger charge is -2.26. The van der Waals surface area contributed by atoms with E-state index in [9.17, 15) is 0 Å². The van der Waals surface area contributed by atoms with E-state index in [-0.39, 0.29) is 5.54 Å². The maximum atomic E-state index is 4.64. The fraction of sp³-hybridized carbons (Fsp3) is 0.273. The van der Waals surface area contributed by atoms with E-state index in [0.717, 1.165) is 10.2 Å². The highest BCUT2D eigenvalue weighted by atomic mass is 79.9. The molecule has 0 fully saturated rings. The second-order valence-corrected chi connectivity index (χ2v) is 4.63. The van der Waals surface area contributed by atoms with Gasteiger partial charge in [-0.1, -0.05) is 24.3 Å². The lowest BCUT2D eigenvalue weighted by molar-refractivity contribution is 0.545. The van der Waals surface area contributed by atoms with Gasteiger partial charge in [-0.25, -0.2) is 0 Å². The maximum absolute atomic E-state index is 4.64. The number of fused-ring (bicyclic) bond motifs is 1. The van der Waals surface area contributed by atoms with Crippen LogP contribution in [-0.4, -0.2) is 5.54 Å². The topological polar surface area (TPSA) is 14.1 Å². The summed E-state index contributed by atoms with van der Waals surface area (Å²) in [4.78, 5) is 0. The number of nitrogens with zero attached hydrogens (tertiary/aromatic N) is 1. The summed E-state index contributed by atoms with van der Waals surface area (Å²) in [6, 6.07) is 6.13. The molecule has 13 heavy (non-hydrogen) atoms. The molecule has 1 aliphatic heterocycles. The molecule has 1 heterocycles. The van der Waals surface area contributed by atoms with Crippen LogP contribution in [0.3, 0.4) is 0 Å². The molecule has 0 unspecified atom stereocenters. The first-order valence-electron chi connectivity index (χ1n) is 4.29. The predicted octanol–water partition coefficient (Wildman–Crippen LogP) is 3.49. The van der Waals surface area contributed by atoms with Gasteiger partial charge in [0.1, 0.15) is 0 Å². The highest BCUT2D eigenvalue weighted by molar-refractivity contribution is 9.10. The van der Waals surface area contributed by atoms with E-state index in [4.69, 9.17) is 0 Å². The Hall–Kier alpha value is -0.760. The second kappa shape index (κ2) is 2.88. The van der Waals surface area contributed by atoms with Gasteiger partial charge in [0.05, 0.1) is 11.2 Å². The zero-order valence-corrected chi connectivity index (χ0v) is 9.30. The van der Waals surface area contributed by atoms with Gasteiger partial charge in [-0.2, -0.15) is 0 Å². The summed E-state index contributed by atoms with van der Waals surface area (Å²) in [5, 5.41) is 4.64. The van der Waals surface area contributed by atoms with Crippen LogP contribution in [0.5, 0.6) is 0 Å². The summed E-state index contributed by atoms with van der Waals surface area (Å²) in [6.45, 7) is 4.21. The third-order valence-corrected chi connectivity index (χ3v) is 2.73. The Morgan fingerprint density at radius 1 is 1.31 bits per heavy atom. The van der Waals surface area contributed by atoms with E-state index in [1.54, 1.807) is 0 Å². The van der Waals surface area contributed by atoms with Crippen LogP contribution in [-0.2, 0) is 0 Å². The fourth-order valence-corrected chi connectivity index (χ4v) is 1.87. The zero-order chi connectivity index (χ0) is 9.47. The maximum Gasteiger partial charge on any atom is 0.0798 e. The van der Waals surface area contributed by atoms with Crippen molar-refractivity contribution >= 4 is 27.7 Å². The lowest BCUT2D eigenvalue weighted by atomic mass is 9.97. The smallest absolute Gasteiger partial charge is 0.0798 e. The SMILES string of the molecule is CC1(C)C=Cc2cccc(Br)c2[N]1. The third kappa shape index (κ3) is 1.63. The van der Waals surface area contributed by atoms with Crippen molar-refractivity contribution in [1.82, 2.24) is 5.32 Å². The first-order chi connectivity index (χ1) is 6.08. The van der Waals surface area contributed by atoms with Crippen LogP contribution in [0.2, 0.25) is 0 Å². The second-order valence-electron chi connectivity index (χ2n) is 3.78. The highest BCUT2D eigenvalue weighted by Gasteiger charge is 2.22. The Labute approximate surface area is 87.0 Å². The molecule has 1 aliphatic rings. The van der Waals surface area contributed by atoms with Crippen LogP contribution in [0.1, 0.15) is 19.4 Å². The quantitative estimate of drug-likeness (QED) is 0.655. The predicted molar refractivity (Wildman–Crippen MR) is 59.0 cm³/mol. The van der Waals surface area contributed by atoms with E-state index < -0.39 is 0 Å². The van der Waals surface area contributed by atoms with Crippen LogP contribution < -0.4 is 5.32 Å². The van der Waals surface area contributed by atoms with Crippen molar-refractivity contribution in [2.45, 2.75) is 19.4 Å². The average Bonchev–Trinajstić information content (AvgIpc) is 2.06. The summed E-state index contributed by atoms with van der Waals surface area (Å²) in [7, 11) is 0. The minimum Gasteiger partial charge on any atom is -0.273 e. The molecule has 2 rings (SSSR count). The highest BCUT2D eigenvalue weighted by Crippen LogP contribution is 2.34. The molecule has 0 spiro atoms. The largest absolute Gasteiger partial charge is 0.273 e. The first kappa shape index (κ1) is 8.82. The molecule has 0 atom stereocenters. The van der Waals surface area contributed by atoms with Crippen LogP contribution in [0.4, 0.5) is 5.69 Å². The molecule has 0 amide bonds. The standard InChI is InChI=1S/C11H11BrN/c1-11(2)7-6-8-4-3-5-9(12)10(8)13-11/h3-7H,1-2H3. The van der Waals surface area contributed by atoms with Crippen LogP contribution in [0.25, 0.3) is 6.08 Å². The monoisotopic (exact) mass is 236 g/mol. The van der Waals surface area contributed by atoms with Gasteiger partial charge in [-0.05, 0) is 35.8 Å². The molecular formula is C11H11BrN. The summed E-state index contributed by atoms with van der Waals surface area (Å²) in [5.41, 5.74) is 2.18. The molecule has 1 aromatic carbocycles. The van der Waals surface area contributed by atoms with Crippen molar-refractivity contribution in [3.63, 3.8) is 0 Å². The third-order valence-electron chi connectivity index (χ3n) is 2.09. The van der Waals surface area contributed by atoms with Gasteiger partial charge in [0, 0.05) is 10.0 Å². The molecule has 67 valence electrons. The summed E-state index contributed by atoms with van der Waals surface area (Å²) in [6.07, 6.45) is 4.26. The lowest BCUT2D eigenvalue weighted by Crippen LogP contribution is -2.29. The van der Waals surface area contributed by atoms with Gasteiger partial charge in [0.25, 0.3) is 0 Å². The van der Waals surface area contributed by atoms with E-state index in [2.05, 4.69) is 53.3 Å². The molecule has 0 aliphatic carbocycles. The van der Waals surface area contributed by atoms with E-state index >= 15 is 0 Å². The molecule has 0 aromatic heterocycles. The number of halogens is 1. The van der Waals surface area contributed by atoms with Crippen LogP contribution in [0.15, 0.2) is 28.7 Å². The summed E-state index contributed by atoms with van der Waals surface area (Å²) in [5.74, 6) is 0. The van der Waals surface area contributed by atoms with Crippen molar-refractivity contribution < 1.29 is 0 Å². The number of para-hydroxylation sites is 1. The van der Waals surface area contributed by atoms with Crippen molar-refractivity contribution in [3.8, 4) is 0 Å². The number of rotatable bonds is 0. The Balaban J connectivity index is 2.54. The van der Waals surface area contributed by atoms with Crippen LogP contribution in [0, 0.1) is 0 Å². The summed E-state index contributed by atoms with van der Waals surface area (Å²) < 4.78 is 1.07. The fourth-order valence-electron chi connectivity index (χ4n) is 1.40. The van der Waals surface area contributed by atoms with Gasteiger partial charge >= 0.3 is 0 Å². The first-order valence-corrected chi connectivity index (χ1v) is 5.08. The molecule has 1 nitrogen and oxygen atoms in total.